The van der Waals surface area contributed by atoms with Crippen molar-refractivity contribution in [3.05, 3.63) is 41.0 Å². The highest BCUT2D eigenvalue weighted by Crippen LogP contribution is 2.28. The lowest BCUT2D eigenvalue weighted by Gasteiger charge is -2.35. The minimum absolute atomic E-state index is 0.000634. The molecule has 3 heterocycles. The maximum absolute atomic E-state index is 13.8. The fraction of sp³-hybridized carbons (Fsp3) is 0.684. The molecule has 2 aliphatic rings. The zero-order chi connectivity index (χ0) is 38.8. The minimum Gasteiger partial charge on any atom is -0.391 e. The van der Waals surface area contributed by atoms with Crippen molar-refractivity contribution in [3.63, 3.8) is 0 Å². The average molecular weight is 777 g/mol. The molecule has 15 nitrogen and oxygen atoms in total. The van der Waals surface area contributed by atoms with E-state index in [0.29, 0.717) is 46.2 Å². The van der Waals surface area contributed by atoms with Gasteiger partial charge in [0, 0.05) is 52.2 Å². The molecule has 16 heteroatoms. The summed E-state index contributed by atoms with van der Waals surface area (Å²) in [6.07, 6.45) is -0.742. The Morgan fingerprint density at radius 3 is 2.09 bits per heavy atom. The summed E-state index contributed by atoms with van der Waals surface area (Å²) < 4.78 is 27.7. The molecule has 1 aromatic carbocycles. The van der Waals surface area contributed by atoms with Crippen molar-refractivity contribution in [3.8, 4) is 10.4 Å². The Kier molecular flexibility index (Phi) is 18.7. The Morgan fingerprint density at radius 1 is 0.926 bits per heavy atom. The van der Waals surface area contributed by atoms with Crippen molar-refractivity contribution in [2.75, 3.05) is 105 Å². The maximum atomic E-state index is 13.8. The number of aliphatic hydroxyl groups excluding tert-OH is 1. The first-order chi connectivity index (χ1) is 26.0. The van der Waals surface area contributed by atoms with Crippen LogP contribution in [-0.2, 0) is 44.6 Å². The lowest BCUT2D eigenvalue weighted by molar-refractivity contribution is -0.144. The predicted molar refractivity (Wildman–Crippen MR) is 205 cm³/mol. The number of ether oxygens (including phenoxy) is 5. The molecule has 3 atom stereocenters. The van der Waals surface area contributed by atoms with E-state index in [1.54, 1.807) is 11.3 Å². The molecule has 3 amide bonds. The zero-order valence-corrected chi connectivity index (χ0v) is 33.1. The van der Waals surface area contributed by atoms with Crippen LogP contribution in [0.15, 0.2) is 29.8 Å². The van der Waals surface area contributed by atoms with Crippen LogP contribution in [0.4, 0.5) is 0 Å². The van der Waals surface area contributed by atoms with Crippen LogP contribution in [0.2, 0.25) is 0 Å². The Hall–Kier alpha value is -3.06. The Bertz CT molecular complexity index is 1420. The first kappa shape index (κ1) is 43.7. The second kappa shape index (κ2) is 23.1. The number of rotatable bonds is 23. The molecule has 0 spiro atoms. The van der Waals surface area contributed by atoms with E-state index in [4.69, 9.17) is 23.7 Å². The largest absolute Gasteiger partial charge is 0.391 e. The van der Waals surface area contributed by atoms with Gasteiger partial charge in [-0.2, -0.15) is 0 Å². The molecule has 0 radical (unpaired) electrons. The van der Waals surface area contributed by atoms with Crippen molar-refractivity contribution in [1.82, 2.24) is 30.7 Å². The van der Waals surface area contributed by atoms with E-state index in [9.17, 15) is 19.5 Å². The third kappa shape index (κ3) is 14.9. The summed E-state index contributed by atoms with van der Waals surface area (Å²) in [5.74, 6) is -1.25. The molecular formula is C38H60N6O9S. The fourth-order valence-corrected chi connectivity index (χ4v) is 6.97. The highest BCUT2D eigenvalue weighted by Gasteiger charge is 2.44. The summed E-state index contributed by atoms with van der Waals surface area (Å²) in [7, 11) is 0. The quantitative estimate of drug-likeness (QED) is 0.119. The van der Waals surface area contributed by atoms with Gasteiger partial charge in [0.1, 0.15) is 18.7 Å². The topological polar surface area (TPSA) is 173 Å². The number of hydrogen-bond donors (Lipinski definition) is 4. The molecule has 0 bridgehead atoms. The van der Waals surface area contributed by atoms with Gasteiger partial charge >= 0.3 is 0 Å². The molecule has 0 aliphatic carbocycles. The molecule has 4 N–H and O–H groups in total. The van der Waals surface area contributed by atoms with E-state index < -0.39 is 35.4 Å². The molecule has 1 aromatic heterocycles. The van der Waals surface area contributed by atoms with E-state index in [1.165, 1.54) is 4.90 Å². The Labute approximate surface area is 323 Å². The average Bonchev–Trinajstić information content (AvgIpc) is 3.77. The molecule has 2 aromatic rings. The monoisotopic (exact) mass is 776 g/mol. The number of aromatic nitrogens is 1. The minimum atomic E-state index is -0.941. The third-order valence-electron chi connectivity index (χ3n) is 9.19. The van der Waals surface area contributed by atoms with Gasteiger partial charge in [0.05, 0.1) is 81.6 Å². The molecular weight excluding hydrogens is 717 g/mol. The number of benzene rings is 1. The second-order valence-electron chi connectivity index (χ2n) is 14.5. The summed E-state index contributed by atoms with van der Waals surface area (Å²) in [4.78, 5) is 49.2. The lowest BCUT2D eigenvalue weighted by atomic mass is 9.85. The van der Waals surface area contributed by atoms with Crippen molar-refractivity contribution < 1.29 is 43.2 Å². The normalized spacial score (nSPS) is 18.5. The molecule has 302 valence electrons. The van der Waals surface area contributed by atoms with E-state index in [2.05, 4.69) is 25.8 Å². The number of aryl methyl sites for hydroxylation is 1. The van der Waals surface area contributed by atoms with E-state index in [-0.39, 0.29) is 45.2 Å². The van der Waals surface area contributed by atoms with Crippen LogP contribution in [0.25, 0.3) is 10.4 Å². The van der Waals surface area contributed by atoms with E-state index in [0.717, 1.165) is 54.4 Å². The van der Waals surface area contributed by atoms with Crippen molar-refractivity contribution in [1.29, 1.82) is 0 Å². The molecule has 2 aliphatic heterocycles. The number of piperazine rings is 1. The van der Waals surface area contributed by atoms with Crippen molar-refractivity contribution in [2.45, 2.75) is 58.8 Å². The van der Waals surface area contributed by atoms with Gasteiger partial charge in [-0.1, -0.05) is 45.0 Å². The number of thiazole rings is 1. The highest BCUT2D eigenvalue weighted by atomic mass is 32.1. The summed E-state index contributed by atoms with van der Waals surface area (Å²) >= 11 is 1.58. The summed E-state index contributed by atoms with van der Waals surface area (Å²) in [6, 6.07) is 6.07. The molecule has 54 heavy (non-hydrogen) atoms. The number of likely N-dealkylation sites (tertiary alicyclic amines) is 1. The fourth-order valence-electron chi connectivity index (χ4n) is 6.16. The number of nitrogens with one attached hydrogen (secondary N) is 3. The van der Waals surface area contributed by atoms with E-state index in [1.807, 2.05) is 57.5 Å². The number of carbonyl (C=O) groups is 3. The van der Waals surface area contributed by atoms with Crippen molar-refractivity contribution >= 4 is 29.1 Å². The number of β-amino-alcohol motifs (C(OH)–C–C–N with tert-alkyl or cyclic N) is 1. The van der Waals surface area contributed by atoms with Gasteiger partial charge in [-0.05, 0) is 23.5 Å². The van der Waals surface area contributed by atoms with Crippen molar-refractivity contribution in [2.24, 2.45) is 5.41 Å². The molecule has 2 fully saturated rings. The SMILES string of the molecule is Cc1ncsc1-c1ccc(CNC(=O)[C@@H]2C[C@@H](O)CN2C(=O)[C@@H](NC(=O)COCCOCCOCCOCCOCCN2CCNCC2)C(C)(C)C)cc1. The molecule has 4 rings (SSSR count). The van der Waals surface area contributed by atoms with Gasteiger partial charge in [-0.3, -0.25) is 19.3 Å². The predicted octanol–water partition coefficient (Wildman–Crippen LogP) is 1.22. The van der Waals surface area contributed by atoms with E-state index >= 15 is 0 Å². The van der Waals surface area contributed by atoms with Crippen LogP contribution in [0, 0.1) is 12.3 Å². The molecule has 0 unspecified atom stereocenters. The van der Waals surface area contributed by atoms with Crippen LogP contribution in [0.1, 0.15) is 38.4 Å². The van der Waals surface area contributed by atoms with Crippen LogP contribution in [0.3, 0.4) is 0 Å². The molecule has 2 saturated heterocycles. The maximum Gasteiger partial charge on any atom is 0.246 e. The van der Waals surface area contributed by atoms with Gasteiger partial charge in [0.25, 0.3) is 0 Å². The smallest absolute Gasteiger partial charge is 0.246 e. The third-order valence-corrected chi connectivity index (χ3v) is 10.2. The lowest BCUT2D eigenvalue weighted by Crippen LogP contribution is -2.58. The number of nitrogens with zero attached hydrogens (tertiary/aromatic N) is 3. The number of aliphatic hydroxyl groups is 1. The first-order valence-corrected chi connectivity index (χ1v) is 19.8. The number of amides is 3. The van der Waals surface area contributed by atoms with Crippen LogP contribution >= 0.6 is 11.3 Å². The van der Waals surface area contributed by atoms with Gasteiger partial charge < -0.3 is 49.6 Å². The van der Waals surface area contributed by atoms with Gasteiger partial charge in [0.15, 0.2) is 0 Å². The van der Waals surface area contributed by atoms with Gasteiger partial charge in [0.2, 0.25) is 17.7 Å². The Morgan fingerprint density at radius 2 is 1.52 bits per heavy atom. The Balaban J connectivity index is 1.07. The summed E-state index contributed by atoms with van der Waals surface area (Å²) in [6.45, 7) is 16.6. The highest BCUT2D eigenvalue weighted by molar-refractivity contribution is 7.13. The summed E-state index contributed by atoms with van der Waals surface area (Å²) in [5, 5.41) is 19.5. The van der Waals surface area contributed by atoms with Gasteiger partial charge in [-0.25, -0.2) is 4.98 Å². The van der Waals surface area contributed by atoms with Crippen LogP contribution < -0.4 is 16.0 Å². The standard InChI is InChI=1S/C38H60N6O9S/c1-28-34(54-27-41-28)30-7-5-29(6-8-30)24-40-36(47)32-23-31(45)25-44(32)37(48)35(38(2,3)4)42-33(46)26-53-22-21-52-20-19-51-18-17-50-16-15-49-14-13-43-11-9-39-10-12-43/h5-8,27,31-32,35,39,45H,9-26H2,1-4H3,(H,40,47)(H,42,46)/t31-,32+,35-/m1/s1. The van der Waals surface area contributed by atoms with Crippen LogP contribution in [0.5, 0.6) is 0 Å². The van der Waals surface area contributed by atoms with Gasteiger partial charge in [-0.15, -0.1) is 11.3 Å². The van der Waals surface area contributed by atoms with Crippen LogP contribution in [-0.4, -0.2) is 161 Å². The summed E-state index contributed by atoms with van der Waals surface area (Å²) in [5.41, 5.74) is 4.07. The first-order valence-electron chi connectivity index (χ1n) is 18.9. The second-order valence-corrected chi connectivity index (χ2v) is 15.4. The molecule has 0 saturated carbocycles. The zero-order valence-electron chi connectivity index (χ0n) is 32.3. The number of carbonyl (C=O) groups excluding carboxylic acids is 3. The number of hydrogen-bond acceptors (Lipinski definition) is 13.